The highest BCUT2D eigenvalue weighted by Gasteiger charge is 1.81. The van der Waals surface area contributed by atoms with Crippen LogP contribution >= 0.6 is 0 Å². The van der Waals surface area contributed by atoms with Crippen LogP contribution < -0.4 is 0 Å². The zero-order valence-corrected chi connectivity index (χ0v) is 8.81. The second-order valence-electron chi connectivity index (χ2n) is 2.76. The Labute approximate surface area is 67.5 Å². The van der Waals surface area contributed by atoms with Gasteiger partial charge in [-0.2, -0.15) is 0 Å². The first-order valence-corrected chi connectivity index (χ1v) is 6.38. The molecule has 0 amide bonds. The van der Waals surface area contributed by atoms with Crippen molar-refractivity contribution in [1.82, 2.24) is 0 Å². The average Bonchev–Trinajstić information content (AvgIpc) is 1.97. The van der Waals surface area contributed by atoms with Gasteiger partial charge >= 0.3 is 0 Å². The van der Waals surface area contributed by atoms with Gasteiger partial charge in [-0.1, -0.05) is 45.2 Å². The maximum atomic E-state index is 2.46. The molecule has 60 valence electrons. The number of hydrogen-bond acceptors (Lipinski definition) is 0. The van der Waals surface area contributed by atoms with Gasteiger partial charge in [0.25, 0.3) is 0 Å². The molecule has 0 radical (unpaired) electrons. The third-order valence-corrected chi connectivity index (χ3v) is 3.17. The van der Waals surface area contributed by atoms with Gasteiger partial charge < -0.3 is 0 Å². The molecule has 10 heavy (non-hydrogen) atoms. The Kier molecular flexibility index (Phi) is 8.92. The summed E-state index contributed by atoms with van der Waals surface area (Å²) in [7, 11) is 0.199. The zero-order valence-electron chi connectivity index (χ0n) is 7.40. The second-order valence-corrected chi connectivity index (χ2v) is 4.51. The van der Waals surface area contributed by atoms with Crippen LogP contribution in [0.25, 0.3) is 0 Å². The van der Waals surface area contributed by atoms with Gasteiger partial charge in [0, 0.05) is 9.52 Å². The molecule has 0 unspecified atom stereocenters. The molecule has 0 spiro atoms. The van der Waals surface area contributed by atoms with Crippen molar-refractivity contribution in [2.45, 2.75) is 45.6 Å². The smallest absolute Gasteiger partial charge is 0.0450 e. The predicted octanol–water partition coefficient (Wildman–Crippen LogP) is 2.69. The number of unbranched alkanes of at least 4 members (excludes halogenated alkanes) is 2. The van der Waals surface area contributed by atoms with Crippen LogP contribution in [0.3, 0.4) is 0 Å². The molecule has 0 aromatic heterocycles. The lowest BCUT2D eigenvalue weighted by Crippen LogP contribution is -1.82. The summed E-state index contributed by atoms with van der Waals surface area (Å²) in [6.45, 7) is 4.50. The van der Waals surface area contributed by atoms with Crippen molar-refractivity contribution in [3.8, 4) is 0 Å². The van der Waals surface area contributed by atoms with Crippen molar-refractivity contribution >= 4 is 9.52 Å². The summed E-state index contributed by atoms with van der Waals surface area (Å²) in [4.78, 5) is 0. The average molecular weight is 156 g/mol. The molecule has 0 aliphatic carbocycles. The van der Waals surface area contributed by atoms with Crippen LogP contribution in [0.1, 0.15) is 39.5 Å². The lowest BCUT2D eigenvalue weighted by molar-refractivity contribution is 0.880. The zero-order chi connectivity index (χ0) is 7.66. The summed E-state index contributed by atoms with van der Waals surface area (Å²) in [5.41, 5.74) is 2.46. The van der Waals surface area contributed by atoms with Crippen molar-refractivity contribution in [3.63, 3.8) is 0 Å². The minimum atomic E-state index is 0.199. The molecular formula is C9H20Si. The first-order chi connectivity index (χ1) is 4.91. The van der Waals surface area contributed by atoms with E-state index >= 15 is 0 Å². The van der Waals surface area contributed by atoms with Crippen LogP contribution in [0.4, 0.5) is 0 Å². The van der Waals surface area contributed by atoms with Crippen LogP contribution in [-0.4, -0.2) is 9.52 Å². The SMILES string of the molecule is CCCC=C[SiH2]CCCC. The van der Waals surface area contributed by atoms with E-state index < -0.39 is 0 Å². The summed E-state index contributed by atoms with van der Waals surface area (Å²) in [6.07, 6.45) is 7.77. The molecule has 0 aromatic carbocycles. The molecule has 0 aliphatic heterocycles. The number of hydrogen-bond donors (Lipinski definition) is 0. The van der Waals surface area contributed by atoms with Crippen molar-refractivity contribution < 1.29 is 0 Å². The highest BCUT2D eigenvalue weighted by molar-refractivity contribution is 6.41. The first-order valence-electron chi connectivity index (χ1n) is 4.56. The number of allylic oxidation sites excluding steroid dienone is 1. The molecule has 0 nitrogen and oxygen atoms in total. The van der Waals surface area contributed by atoms with Crippen molar-refractivity contribution in [2.75, 3.05) is 0 Å². The van der Waals surface area contributed by atoms with E-state index in [-0.39, 0.29) is 9.52 Å². The maximum absolute atomic E-state index is 2.46. The molecule has 0 aliphatic rings. The quantitative estimate of drug-likeness (QED) is 0.410. The first kappa shape index (κ1) is 9.96. The number of rotatable bonds is 6. The molecule has 0 saturated heterocycles. The van der Waals surface area contributed by atoms with Gasteiger partial charge in [0.15, 0.2) is 0 Å². The molecule has 0 rings (SSSR count). The Morgan fingerprint density at radius 2 is 2.00 bits per heavy atom. The fourth-order valence-corrected chi connectivity index (χ4v) is 2.41. The van der Waals surface area contributed by atoms with Crippen LogP contribution in [-0.2, 0) is 0 Å². The molecule has 0 heterocycles. The Bertz CT molecular complexity index is 76.8. The fourth-order valence-electron chi connectivity index (χ4n) is 0.915. The van der Waals surface area contributed by atoms with Crippen molar-refractivity contribution in [2.24, 2.45) is 0 Å². The highest BCUT2D eigenvalue weighted by Crippen LogP contribution is 1.94. The minimum absolute atomic E-state index is 0.199. The standard InChI is InChI=1S/C9H20Si/c1-3-5-7-9-10-8-6-4-2/h7,9H,3-6,8,10H2,1-2H3. The van der Waals surface area contributed by atoms with Crippen molar-refractivity contribution in [3.05, 3.63) is 11.8 Å². The van der Waals surface area contributed by atoms with E-state index in [1.165, 1.54) is 31.7 Å². The van der Waals surface area contributed by atoms with E-state index in [1.54, 1.807) is 0 Å². The van der Waals surface area contributed by atoms with Gasteiger partial charge in [0.1, 0.15) is 0 Å². The fraction of sp³-hybridized carbons (Fsp3) is 0.778. The van der Waals surface area contributed by atoms with Gasteiger partial charge in [-0.3, -0.25) is 0 Å². The molecule has 0 aromatic rings. The van der Waals surface area contributed by atoms with E-state index in [0.29, 0.717) is 0 Å². The van der Waals surface area contributed by atoms with Gasteiger partial charge in [-0.25, -0.2) is 0 Å². The van der Waals surface area contributed by atoms with E-state index in [1.807, 2.05) is 0 Å². The van der Waals surface area contributed by atoms with Crippen LogP contribution in [0.15, 0.2) is 11.8 Å². The molecule has 0 N–H and O–H groups in total. The second kappa shape index (κ2) is 8.96. The third kappa shape index (κ3) is 7.96. The van der Waals surface area contributed by atoms with Crippen molar-refractivity contribution in [1.29, 1.82) is 0 Å². The normalized spacial score (nSPS) is 12.2. The largest absolute Gasteiger partial charge is 0.105 e. The Morgan fingerprint density at radius 1 is 1.20 bits per heavy atom. The molecule has 0 bridgehead atoms. The summed E-state index contributed by atoms with van der Waals surface area (Å²) < 4.78 is 0. The van der Waals surface area contributed by atoms with E-state index in [9.17, 15) is 0 Å². The van der Waals surface area contributed by atoms with E-state index in [0.717, 1.165) is 0 Å². The summed E-state index contributed by atoms with van der Waals surface area (Å²) >= 11 is 0. The van der Waals surface area contributed by atoms with Gasteiger partial charge in [-0.05, 0) is 6.42 Å². The molecule has 0 fully saturated rings. The van der Waals surface area contributed by atoms with Crippen LogP contribution in [0.5, 0.6) is 0 Å². The summed E-state index contributed by atoms with van der Waals surface area (Å²) in [6, 6.07) is 1.51. The van der Waals surface area contributed by atoms with Gasteiger partial charge in [0.2, 0.25) is 0 Å². The highest BCUT2D eigenvalue weighted by atomic mass is 28.2. The van der Waals surface area contributed by atoms with Crippen LogP contribution in [0, 0.1) is 0 Å². The lowest BCUT2D eigenvalue weighted by atomic mass is 10.3. The molecule has 0 saturated carbocycles. The summed E-state index contributed by atoms with van der Waals surface area (Å²) in [5.74, 6) is 0. The van der Waals surface area contributed by atoms with E-state index in [2.05, 4.69) is 25.6 Å². The van der Waals surface area contributed by atoms with Gasteiger partial charge in [0.05, 0.1) is 0 Å². The molecule has 0 atom stereocenters. The lowest BCUT2D eigenvalue weighted by Gasteiger charge is -1.89. The van der Waals surface area contributed by atoms with Gasteiger partial charge in [-0.15, -0.1) is 5.70 Å². The predicted molar refractivity (Wildman–Crippen MR) is 52.3 cm³/mol. The Balaban J connectivity index is 2.88. The Hall–Kier alpha value is -0.0431. The third-order valence-electron chi connectivity index (χ3n) is 1.60. The minimum Gasteiger partial charge on any atom is -0.105 e. The molecular weight excluding hydrogens is 136 g/mol. The molecule has 1 heteroatoms. The monoisotopic (exact) mass is 156 g/mol. The van der Waals surface area contributed by atoms with Crippen LogP contribution in [0.2, 0.25) is 6.04 Å². The summed E-state index contributed by atoms with van der Waals surface area (Å²) in [5, 5.41) is 0. The maximum Gasteiger partial charge on any atom is 0.0450 e. The van der Waals surface area contributed by atoms with E-state index in [4.69, 9.17) is 0 Å². The topological polar surface area (TPSA) is 0 Å². The Morgan fingerprint density at radius 3 is 2.60 bits per heavy atom.